The number of hydrogen-bond donors (Lipinski definition) is 1. The van der Waals surface area contributed by atoms with Crippen molar-refractivity contribution in [2.24, 2.45) is 0 Å². The number of nitrogens with one attached hydrogen (secondary N) is 1. The Morgan fingerprint density at radius 2 is 2.00 bits per heavy atom. The van der Waals surface area contributed by atoms with Crippen LogP contribution in [0, 0.1) is 0 Å². The Kier molecular flexibility index (Phi) is 5.80. The standard InChI is InChI=1S/C18H20F2N6O/c1-24(13-16-21-10-12-25(16)17(19)20)18(27)22-9-7-14-3-5-15(6-4-14)26-11-2-8-23-26/h2-6,8,10-12,17H,7,9,13H2,1H3,(H,22,27). The fraction of sp³-hybridized carbons (Fsp3) is 0.278. The van der Waals surface area contributed by atoms with Gasteiger partial charge >= 0.3 is 12.6 Å². The zero-order chi connectivity index (χ0) is 19.2. The monoisotopic (exact) mass is 374 g/mol. The number of carbonyl (C=O) groups excluding carboxylic acids is 1. The van der Waals surface area contributed by atoms with E-state index in [2.05, 4.69) is 15.4 Å². The fourth-order valence-electron chi connectivity index (χ4n) is 2.61. The second kappa shape index (κ2) is 8.43. The highest BCUT2D eigenvalue weighted by atomic mass is 19.3. The molecule has 0 fully saturated rings. The van der Waals surface area contributed by atoms with E-state index in [9.17, 15) is 13.6 Å². The largest absolute Gasteiger partial charge is 0.338 e. The van der Waals surface area contributed by atoms with Crippen molar-refractivity contribution in [3.63, 3.8) is 0 Å². The van der Waals surface area contributed by atoms with E-state index in [-0.39, 0.29) is 18.4 Å². The van der Waals surface area contributed by atoms with E-state index in [1.165, 1.54) is 17.3 Å². The van der Waals surface area contributed by atoms with E-state index in [0.29, 0.717) is 13.0 Å². The molecule has 3 rings (SSSR count). The van der Waals surface area contributed by atoms with Gasteiger partial charge < -0.3 is 10.2 Å². The molecule has 0 spiro atoms. The molecule has 0 aliphatic carbocycles. The van der Waals surface area contributed by atoms with Gasteiger partial charge in [0.2, 0.25) is 0 Å². The summed E-state index contributed by atoms with van der Waals surface area (Å²) in [5, 5.41) is 6.95. The molecule has 0 aliphatic heterocycles. The van der Waals surface area contributed by atoms with Gasteiger partial charge in [0.15, 0.2) is 0 Å². The molecule has 2 amide bonds. The van der Waals surface area contributed by atoms with Gasteiger partial charge in [0, 0.05) is 38.4 Å². The summed E-state index contributed by atoms with van der Waals surface area (Å²) < 4.78 is 28.1. The third-order valence-electron chi connectivity index (χ3n) is 4.08. The molecule has 0 saturated heterocycles. The summed E-state index contributed by atoms with van der Waals surface area (Å²) in [6.07, 6.45) is 6.72. The van der Waals surface area contributed by atoms with Gasteiger partial charge in [-0.25, -0.2) is 14.5 Å². The van der Waals surface area contributed by atoms with Crippen molar-refractivity contribution >= 4 is 6.03 Å². The quantitative estimate of drug-likeness (QED) is 0.691. The van der Waals surface area contributed by atoms with E-state index >= 15 is 0 Å². The van der Waals surface area contributed by atoms with Crippen LogP contribution in [0.3, 0.4) is 0 Å². The third kappa shape index (κ3) is 4.69. The molecule has 7 nitrogen and oxygen atoms in total. The molecule has 0 radical (unpaired) electrons. The number of halogens is 2. The molecule has 1 N–H and O–H groups in total. The van der Waals surface area contributed by atoms with Gasteiger partial charge in [-0.2, -0.15) is 13.9 Å². The number of aromatic nitrogens is 4. The first-order valence-electron chi connectivity index (χ1n) is 8.42. The fourth-order valence-corrected chi connectivity index (χ4v) is 2.61. The lowest BCUT2D eigenvalue weighted by molar-refractivity contribution is 0.0651. The maximum atomic E-state index is 12.8. The van der Waals surface area contributed by atoms with E-state index in [1.807, 2.05) is 36.5 Å². The minimum atomic E-state index is -2.68. The van der Waals surface area contributed by atoms with Crippen LogP contribution >= 0.6 is 0 Å². The van der Waals surface area contributed by atoms with Gasteiger partial charge in [-0.3, -0.25) is 4.57 Å². The lowest BCUT2D eigenvalue weighted by atomic mass is 10.1. The van der Waals surface area contributed by atoms with Crippen molar-refractivity contribution in [2.45, 2.75) is 19.5 Å². The number of alkyl halides is 2. The normalized spacial score (nSPS) is 11.0. The molecule has 0 aliphatic rings. The van der Waals surface area contributed by atoms with E-state index < -0.39 is 6.55 Å². The smallest absolute Gasteiger partial charge is 0.319 e. The minimum Gasteiger partial charge on any atom is -0.338 e. The Morgan fingerprint density at radius 1 is 1.22 bits per heavy atom. The summed E-state index contributed by atoms with van der Waals surface area (Å²) in [5.41, 5.74) is 2.03. The number of rotatable bonds is 7. The van der Waals surface area contributed by atoms with Crippen LogP contribution in [0.2, 0.25) is 0 Å². The van der Waals surface area contributed by atoms with Crippen molar-refractivity contribution in [1.82, 2.24) is 29.5 Å². The summed E-state index contributed by atoms with van der Waals surface area (Å²) in [4.78, 5) is 17.3. The van der Waals surface area contributed by atoms with Crippen molar-refractivity contribution in [3.8, 4) is 5.69 Å². The molecular weight excluding hydrogens is 354 g/mol. The molecule has 142 valence electrons. The molecule has 27 heavy (non-hydrogen) atoms. The zero-order valence-electron chi connectivity index (χ0n) is 14.8. The summed E-state index contributed by atoms with van der Waals surface area (Å²) in [6.45, 7) is -2.24. The zero-order valence-corrected chi connectivity index (χ0v) is 14.8. The summed E-state index contributed by atoms with van der Waals surface area (Å²) in [7, 11) is 1.54. The highest BCUT2D eigenvalue weighted by Gasteiger charge is 2.15. The molecule has 0 saturated carbocycles. The Bertz CT molecular complexity index is 860. The van der Waals surface area contributed by atoms with E-state index in [1.54, 1.807) is 17.9 Å². The van der Waals surface area contributed by atoms with Crippen LogP contribution in [0.5, 0.6) is 0 Å². The molecule has 1 aromatic carbocycles. The topological polar surface area (TPSA) is 68.0 Å². The van der Waals surface area contributed by atoms with Crippen molar-refractivity contribution in [1.29, 1.82) is 0 Å². The number of urea groups is 1. The number of imidazole rings is 1. The van der Waals surface area contributed by atoms with Gasteiger partial charge in [-0.15, -0.1) is 0 Å². The molecule has 0 atom stereocenters. The van der Waals surface area contributed by atoms with Gasteiger partial charge in [0.1, 0.15) is 5.82 Å². The Morgan fingerprint density at radius 3 is 2.67 bits per heavy atom. The highest BCUT2D eigenvalue weighted by Crippen LogP contribution is 2.13. The van der Waals surface area contributed by atoms with E-state index in [0.717, 1.165) is 15.8 Å². The number of hydrogen-bond acceptors (Lipinski definition) is 3. The van der Waals surface area contributed by atoms with E-state index in [4.69, 9.17) is 0 Å². The highest BCUT2D eigenvalue weighted by molar-refractivity contribution is 5.73. The van der Waals surface area contributed by atoms with Gasteiger partial charge in [-0.1, -0.05) is 12.1 Å². The third-order valence-corrected chi connectivity index (χ3v) is 4.08. The lowest BCUT2D eigenvalue weighted by Crippen LogP contribution is -2.38. The van der Waals surface area contributed by atoms with Crippen molar-refractivity contribution in [2.75, 3.05) is 13.6 Å². The molecule has 9 heteroatoms. The van der Waals surface area contributed by atoms with Crippen LogP contribution in [0.4, 0.5) is 13.6 Å². The van der Waals surface area contributed by atoms with Gasteiger partial charge in [-0.05, 0) is 30.2 Å². The number of carbonyl (C=O) groups is 1. The average Bonchev–Trinajstić information content (AvgIpc) is 3.34. The van der Waals surface area contributed by atoms with Crippen LogP contribution in [-0.4, -0.2) is 43.9 Å². The Hall–Kier alpha value is -3.23. The first-order chi connectivity index (χ1) is 13.0. The SMILES string of the molecule is CN(Cc1nccn1C(F)F)C(=O)NCCc1ccc(-n2cccn2)cc1. The maximum absolute atomic E-state index is 12.8. The molecule has 2 aromatic heterocycles. The molecule has 3 aromatic rings. The van der Waals surface area contributed by atoms with Crippen LogP contribution in [0.1, 0.15) is 17.9 Å². The second-order valence-electron chi connectivity index (χ2n) is 5.98. The summed E-state index contributed by atoms with van der Waals surface area (Å²) >= 11 is 0. The van der Waals surface area contributed by atoms with Crippen LogP contribution in [-0.2, 0) is 13.0 Å². The number of nitrogens with zero attached hydrogens (tertiary/aromatic N) is 5. The Balaban J connectivity index is 1.47. The van der Waals surface area contributed by atoms with Crippen LogP contribution < -0.4 is 5.32 Å². The summed E-state index contributed by atoms with van der Waals surface area (Å²) in [5.74, 6) is 0.136. The molecule has 2 heterocycles. The number of amides is 2. The predicted octanol–water partition coefficient (Wildman–Crippen LogP) is 2.85. The van der Waals surface area contributed by atoms with Gasteiger partial charge in [0.05, 0.1) is 12.2 Å². The van der Waals surface area contributed by atoms with Gasteiger partial charge in [0.25, 0.3) is 0 Å². The predicted molar refractivity (Wildman–Crippen MR) is 95.6 cm³/mol. The van der Waals surface area contributed by atoms with Crippen LogP contribution in [0.25, 0.3) is 5.69 Å². The Labute approximate surface area is 155 Å². The van der Waals surface area contributed by atoms with Crippen molar-refractivity contribution in [3.05, 3.63) is 66.5 Å². The lowest BCUT2D eigenvalue weighted by Gasteiger charge is -2.18. The van der Waals surface area contributed by atoms with Crippen LogP contribution in [0.15, 0.2) is 55.1 Å². The molecule has 0 unspecified atom stereocenters. The maximum Gasteiger partial charge on any atom is 0.319 e. The second-order valence-corrected chi connectivity index (χ2v) is 5.98. The minimum absolute atomic E-state index is 0.00173. The number of benzene rings is 1. The summed E-state index contributed by atoms with van der Waals surface area (Å²) in [6, 6.07) is 9.39. The first-order valence-corrected chi connectivity index (χ1v) is 8.42. The molecular formula is C18H20F2N6O. The average molecular weight is 374 g/mol. The first kappa shape index (κ1) is 18.6. The van der Waals surface area contributed by atoms with Crippen molar-refractivity contribution < 1.29 is 13.6 Å². The molecule has 0 bridgehead atoms.